The molecule has 4 heteroatoms. The molecular weight excluding hydrogens is 180 g/mol. The Morgan fingerprint density at radius 3 is 3.29 bits per heavy atom. The van der Waals surface area contributed by atoms with Crippen LogP contribution >= 0.6 is 0 Å². The normalized spacial score (nSPS) is 20.9. The lowest BCUT2D eigenvalue weighted by Gasteiger charge is -2.19. The summed E-state index contributed by atoms with van der Waals surface area (Å²) in [5.41, 5.74) is 1.02. The molecule has 1 aromatic rings. The van der Waals surface area contributed by atoms with Gasteiger partial charge >= 0.3 is 0 Å². The van der Waals surface area contributed by atoms with Crippen molar-refractivity contribution in [2.24, 2.45) is 0 Å². The molecule has 0 bridgehead atoms. The number of nitrogens with zero attached hydrogens (tertiary/aromatic N) is 2. The molecule has 0 aromatic carbocycles. The molecule has 0 spiro atoms. The van der Waals surface area contributed by atoms with E-state index in [9.17, 15) is 5.11 Å². The number of methoxy groups -OCH3 is 1. The summed E-state index contributed by atoms with van der Waals surface area (Å²) < 4.78 is 6.88. The Balaban J connectivity index is 2.13. The van der Waals surface area contributed by atoms with Crippen molar-refractivity contribution in [3.8, 4) is 0 Å². The van der Waals surface area contributed by atoms with Gasteiger partial charge in [0.25, 0.3) is 0 Å². The Hall–Kier alpha value is -0.870. The predicted molar refractivity (Wildman–Crippen MR) is 52.0 cm³/mol. The average molecular weight is 196 g/mol. The summed E-state index contributed by atoms with van der Waals surface area (Å²) in [4.78, 5) is 4.46. The first-order valence-electron chi connectivity index (χ1n) is 5.05. The smallest absolute Gasteiger partial charge is 0.131 e. The summed E-state index contributed by atoms with van der Waals surface area (Å²) in [6, 6.07) is 0. The first kappa shape index (κ1) is 9.68. The molecule has 0 saturated carbocycles. The number of aromatic nitrogens is 2. The first-order valence-corrected chi connectivity index (χ1v) is 5.05. The van der Waals surface area contributed by atoms with Gasteiger partial charge in [-0.05, 0) is 12.8 Å². The van der Waals surface area contributed by atoms with Crippen molar-refractivity contribution in [1.82, 2.24) is 9.55 Å². The third kappa shape index (κ3) is 1.81. The molecule has 1 unspecified atom stereocenters. The van der Waals surface area contributed by atoms with Crippen LogP contribution in [0.2, 0.25) is 0 Å². The second kappa shape index (κ2) is 4.11. The number of aliphatic hydroxyl groups is 1. The number of fused-ring (bicyclic) bond motifs is 1. The van der Waals surface area contributed by atoms with Crippen molar-refractivity contribution in [3.63, 3.8) is 0 Å². The minimum atomic E-state index is -0.373. The summed E-state index contributed by atoms with van der Waals surface area (Å²) in [5, 5.41) is 9.69. The van der Waals surface area contributed by atoms with Crippen LogP contribution in [-0.2, 0) is 17.6 Å². The van der Waals surface area contributed by atoms with Gasteiger partial charge in [-0.15, -0.1) is 0 Å². The largest absolute Gasteiger partial charge is 0.384 e. The fraction of sp³-hybridized carbons (Fsp3) is 0.700. The topological polar surface area (TPSA) is 47.3 Å². The third-order valence-electron chi connectivity index (χ3n) is 2.60. The standard InChI is InChI=1S/C10H16N2O2/c1-14-6-5-8-7-12-9(11-8)3-2-4-10(12)13/h7,10,13H,2-6H2,1H3. The Labute approximate surface area is 83.5 Å². The molecule has 0 aliphatic carbocycles. The number of hydrogen-bond acceptors (Lipinski definition) is 3. The number of aryl methyl sites for hydroxylation is 1. The Bertz CT molecular complexity index is 309. The molecule has 14 heavy (non-hydrogen) atoms. The van der Waals surface area contributed by atoms with Gasteiger partial charge in [-0.3, -0.25) is 0 Å². The van der Waals surface area contributed by atoms with Gasteiger partial charge in [-0.2, -0.15) is 0 Å². The van der Waals surface area contributed by atoms with E-state index in [-0.39, 0.29) is 6.23 Å². The molecule has 0 fully saturated rings. The van der Waals surface area contributed by atoms with Gasteiger partial charge in [0, 0.05) is 26.1 Å². The molecule has 4 nitrogen and oxygen atoms in total. The number of aliphatic hydroxyl groups excluding tert-OH is 1. The van der Waals surface area contributed by atoms with E-state index in [4.69, 9.17) is 4.74 Å². The predicted octanol–water partition coefficient (Wildman–Crippen LogP) is 0.899. The van der Waals surface area contributed by atoms with Gasteiger partial charge in [0.2, 0.25) is 0 Å². The van der Waals surface area contributed by atoms with E-state index in [1.54, 1.807) is 7.11 Å². The van der Waals surface area contributed by atoms with Crippen LogP contribution in [0.1, 0.15) is 30.6 Å². The molecule has 78 valence electrons. The molecule has 1 aliphatic rings. The fourth-order valence-electron chi connectivity index (χ4n) is 1.84. The second-order valence-electron chi connectivity index (χ2n) is 3.67. The van der Waals surface area contributed by atoms with Crippen molar-refractivity contribution in [1.29, 1.82) is 0 Å². The Morgan fingerprint density at radius 1 is 1.71 bits per heavy atom. The highest BCUT2D eigenvalue weighted by molar-refractivity contribution is 5.07. The van der Waals surface area contributed by atoms with Gasteiger partial charge in [0.1, 0.15) is 12.1 Å². The van der Waals surface area contributed by atoms with Gasteiger partial charge in [0.15, 0.2) is 0 Å². The average Bonchev–Trinajstić information content (AvgIpc) is 2.59. The summed E-state index contributed by atoms with van der Waals surface area (Å²) in [6.45, 7) is 0.687. The van der Waals surface area contributed by atoms with Crippen LogP contribution in [0, 0.1) is 0 Å². The van der Waals surface area contributed by atoms with Crippen LogP contribution in [0.15, 0.2) is 6.20 Å². The van der Waals surface area contributed by atoms with Crippen molar-refractivity contribution < 1.29 is 9.84 Å². The molecule has 0 radical (unpaired) electrons. The second-order valence-corrected chi connectivity index (χ2v) is 3.67. The lowest BCUT2D eigenvalue weighted by molar-refractivity contribution is 0.0780. The van der Waals surface area contributed by atoms with Crippen molar-refractivity contribution in [2.75, 3.05) is 13.7 Å². The Morgan fingerprint density at radius 2 is 2.57 bits per heavy atom. The van der Waals surface area contributed by atoms with Gasteiger partial charge in [-0.25, -0.2) is 4.98 Å². The van der Waals surface area contributed by atoms with Crippen LogP contribution in [0.4, 0.5) is 0 Å². The van der Waals surface area contributed by atoms with E-state index < -0.39 is 0 Å². The third-order valence-corrected chi connectivity index (χ3v) is 2.60. The first-order chi connectivity index (χ1) is 6.81. The van der Waals surface area contributed by atoms with Gasteiger partial charge in [-0.1, -0.05) is 0 Å². The van der Waals surface area contributed by atoms with Crippen LogP contribution in [0.5, 0.6) is 0 Å². The SMILES string of the molecule is COCCc1cn2c(n1)CCCC2O. The van der Waals surface area contributed by atoms with E-state index in [1.165, 1.54) is 0 Å². The quantitative estimate of drug-likeness (QED) is 0.781. The van der Waals surface area contributed by atoms with Gasteiger partial charge < -0.3 is 14.4 Å². The summed E-state index contributed by atoms with van der Waals surface area (Å²) >= 11 is 0. The van der Waals surface area contributed by atoms with E-state index in [0.717, 1.165) is 37.2 Å². The number of imidazole rings is 1. The van der Waals surface area contributed by atoms with Crippen molar-refractivity contribution >= 4 is 0 Å². The zero-order chi connectivity index (χ0) is 9.97. The maximum Gasteiger partial charge on any atom is 0.131 e. The highest BCUT2D eigenvalue weighted by atomic mass is 16.5. The molecule has 1 N–H and O–H groups in total. The highest BCUT2D eigenvalue weighted by Gasteiger charge is 2.18. The molecule has 1 aromatic heterocycles. The molecule has 2 heterocycles. The zero-order valence-corrected chi connectivity index (χ0v) is 8.44. The van der Waals surface area contributed by atoms with E-state index >= 15 is 0 Å². The summed E-state index contributed by atoms with van der Waals surface area (Å²) in [5.74, 6) is 1.01. The molecule has 0 amide bonds. The highest BCUT2D eigenvalue weighted by Crippen LogP contribution is 2.22. The van der Waals surface area contributed by atoms with Crippen LogP contribution in [0.25, 0.3) is 0 Å². The molecule has 2 rings (SSSR count). The number of rotatable bonds is 3. The van der Waals surface area contributed by atoms with Crippen LogP contribution < -0.4 is 0 Å². The van der Waals surface area contributed by atoms with Crippen molar-refractivity contribution in [2.45, 2.75) is 31.9 Å². The molecular formula is C10H16N2O2. The molecule has 1 atom stereocenters. The summed E-state index contributed by atoms with van der Waals surface area (Å²) in [6.07, 6.45) is 5.24. The van der Waals surface area contributed by atoms with E-state index in [0.29, 0.717) is 6.61 Å². The number of hydrogen-bond donors (Lipinski definition) is 1. The molecule has 0 saturated heterocycles. The molecule has 1 aliphatic heterocycles. The van der Waals surface area contributed by atoms with Crippen LogP contribution in [-0.4, -0.2) is 28.4 Å². The lowest BCUT2D eigenvalue weighted by Crippen LogP contribution is -2.16. The zero-order valence-electron chi connectivity index (χ0n) is 8.44. The van der Waals surface area contributed by atoms with Crippen molar-refractivity contribution in [3.05, 3.63) is 17.7 Å². The lowest BCUT2D eigenvalue weighted by atomic mass is 10.1. The van der Waals surface area contributed by atoms with Gasteiger partial charge in [0.05, 0.1) is 12.3 Å². The van der Waals surface area contributed by atoms with E-state index in [1.807, 2.05) is 10.8 Å². The summed E-state index contributed by atoms with van der Waals surface area (Å²) in [7, 11) is 1.69. The maximum absolute atomic E-state index is 9.69. The number of ether oxygens (including phenoxy) is 1. The fourth-order valence-corrected chi connectivity index (χ4v) is 1.84. The van der Waals surface area contributed by atoms with E-state index in [2.05, 4.69) is 4.98 Å². The maximum atomic E-state index is 9.69. The monoisotopic (exact) mass is 196 g/mol. The minimum Gasteiger partial charge on any atom is -0.384 e. The van der Waals surface area contributed by atoms with Crippen LogP contribution in [0.3, 0.4) is 0 Å². The Kier molecular flexibility index (Phi) is 2.84. The minimum absolute atomic E-state index is 0.373.